The van der Waals surface area contributed by atoms with Gasteiger partial charge in [0.15, 0.2) is 0 Å². The largest absolute Gasteiger partial charge is 0.478 e. The maximum absolute atomic E-state index is 12.6. The zero-order valence-corrected chi connectivity index (χ0v) is 15.7. The molecule has 1 aliphatic rings. The molecule has 26 heavy (non-hydrogen) atoms. The van der Waals surface area contributed by atoms with Gasteiger partial charge in [0.05, 0.1) is 17.4 Å². The van der Waals surface area contributed by atoms with Gasteiger partial charge in [-0.1, -0.05) is 0 Å². The first-order valence-electron chi connectivity index (χ1n) is 8.74. The molecule has 0 unspecified atom stereocenters. The Balaban J connectivity index is 2.12. The maximum Gasteiger partial charge on any atom is 0.335 e. The second kappa shape index (κ2) is 9.86. The normalized spacial score (nSPS) is 17.3. The molecule has 0 spiro atoms. The number of hydrogen-bond donors (Lipinski definition) is 3. The Kier molecular flexibility index (Phi) is 7.83. The summed E-state index contributed by atoms with van der Waals surface area (Å²) in [6.07, 6.45) is 2.46. The molecule has 1 aliphatic heterocycles. The smallest absolute Gasteiger partial charge is 0.335 e. The van der Waals surface area contributed by atoms with Gasteiger partial charge in [0, 0.05) is 32.9 Å². The summed E-state index contributed by atoms with van der Waals surface area (Å²) in [4.78, 5) is 11.1. The van der Waals surface area contributed by atoms with E-state index in [1.807, 2.05) is 6.92 Å². The summed E-state index contributed by atoms with van der Waals surface area (Å²) in [6, 6.07) is 4.03. The van der Waals surface area contributed by atoms with Crippen LogP contribution in [0.5, 0.6) is 0 Å². The molecule has 9 heteroatoms. The van der Waals surface area contributed by atoms with Crippen LogP contribution in [0.3, 0.4) is 0 Å². The molecule has 0 aromatic heterocycles. The molecule has 1 aromatic carbocycles. The lowest BCUT2D eigenvalue weighted by Gasteiger charge is -2.16. The zero-order valence-electron chi connectivity index (χ0n) is 14.9. The van der Waals surface area contributed by atoms with Crippen LogP contribution in [-0.4, -0.2) is 58.5 Å². The Morgan fingerprint density at radius 1 is 1.42 bits per heavy atom. The van der Waals surface area contributed by atoms with Gasteiger partial charge >= 0.3 is 5.97 Å². The van der Waals surface area contributed by atoms with Gasteiger partial charge in [-0.05, 0) is 44.4 Å². The molecule has 2 rings (SSSR count). The summed E-state index contributed by atoms with van der Waals surface area (Å²) in [6.45, 7) is 4.29. The van der Waals surface area contributed by atoms with E-state index in [0.29, 0.717) is 38.5 Å². The first kappa shape index (κ1) is 20.6. The highest BCUT2D eigenvalue weighted by Crippen LogP contribution is 2.24. The second-order valence-electron chi connectivity index (χ2n) is 5.98. The molecular formula is C17H26N2O6S. The number of anilines is 1. The van der Waals surface area contributed by atoms with Gasteiger partial charge < -0.3 is 19.9 Å². The van der Waals surface area contributed by atoms with Crippen molar-refractivity contribution in [2.45, 2.75) is 37.2 Å². The molecule has 8 nitrogen and oxygen atoms in total. The molecule has 3 N–H and O–H groups in total. The Labute approximate surface area is 153 Å². The van der Waals surface area contributed by atoms with Gasteiger partial charge in [-0.15, -0.1) is 0 Å². The van der Waals surface area contributed by atoms with E-state index >= 15 is 0 Å². The van der Waals surface area contributed by atoms with Crippen molar-refractivity contribution >= 4 is 21.7 Å². The third kappa shape index (κ3) is 5.94. The standard InChI is InChI=1S/C17H26N2O6S/c1-2-24-9-4-8-19-26(22,23)16-11-13(17(20)21)6-7-15(16)18-12-14-5-3-10-25-14/h6-7,11,14,18-19H,2-5,8-10,12H2,1H3,(H,20,21)/t14-/m1/s1. The van der Waals surface area contributed by atoms with Crippen LogP contribution in [0.25, 0.3) is 0 Å². The monoisotopic (exact) mass is 386 g/mol. The van der Waals surface area contributed by atoms with E-state index in [0.717, 1.165) is 12.8 Å². The van der Waals surface area contributed by atoms with E-state index in [2.05, 4.69) is 10.0 Å². The maximum atomic E-state index is 12.6. The van der Waals surface area contributed by atoms with Crippen molar-refractivity contribution in [3.8, 4) is 0 Å². The van der Waals surface area contributed by atoms with E-state index in [1.54, 1.807) is 0 Å². The zero-order chi connectivity index (χ0) is 19.0. The summed E-state index contributed by atoms with van der Waals surface area (Å²) in [7, 11) is -3.85. The fourth-order valence-corrected chi connectivity index (χ4v) is 3.94. The quantitative estimate of drug-likeness (QED) is 0.496. The predicted molar refractivity (Wildman–Crippen MR) is 97.2 cm³/mol. The molecular weight excluding hydrogens is 360 g/mol. The Morgan fingerprint density at radius 3 is 2.88 bits per heavy atom. The third-order valence-electron chi connectivity index (χ3n) is 4.02. The van der Waals surface area contributed by atoms with Gasteiger partial charge in [0.1, 0.15) is 4.90 Å². The molecule has 1 fully saturated rings. The minimum atomic E-state index is -3.85. The lowest BCUT2D eigenvalue weighted by Crippen LogP contribution is -2.27. The minimum absolute atomic E-state index is 0.0313. The van der Waals surface area contributed by atoms with E-state index in [-0.39, 0.29) is 23.1 Å². The number of nitrogens with one attached hydrogen (secondary N) is 2. The van der Waals surface area contributed by atoms with E-state index in [1.165, 1.54) is 18.2 Å². The first-order chi connectivity index (χ1) is 12.4. The molecule has 1 aromatic rings. The molecule has 1 saturated heterocycles. The number of benzene rings is 1. The van der Waals surface area contributed by atoms with Gasteiger partial charge in [-0.2, -0.15) is 0 Å². The average molecular weight is 386 g/mol. The molecule has 0 radical (unpaired) electrons. The van der Waals surface area contributed by atoms with Gasteiger partial charge in [0.2, 0.25) is 10.0 Å². The number of carboxylic acid groups (broad SMARTS) is 1. The van der Waals surface area contributed by atoms with Crippen molar-refractivity contribution in [1.29, 1.82) is 0 Å². The molecule has 0 aliphatic carbocycles. The summed E-state index contributed by atoms with van der Waals surface area (Å²) in [5.74, 6) is -1.18. The topological polar surface area (TPSA) is 114 Å². The number of aromatic carboxylic acids is 1. The van der Waals surface area contributed by atoms with Gasteiger partial charge in [-0.3, -0.25) is 0 Å². The van der Waals surface area contributed by atoms with Crippen LogP contribution < -0.4 is 10.0 Å². The number of carboxylic acids is 1. The summed E-state index contributed by atoms with van der Waals surface area (Å²) < 4.78 is 38.5. The summed E-state index contributed by atoms with van der Waals surface area (Å²) >= 11 is 0. The lowest BCUT2D eigenvalue weighted by molar-refractivity contribution is 0.0696. The van der Waals surface area contributed by atoms with Crippen LogP contribution in [0.1, 0.15) is 36.5 Å². The minimum Gasteiger partial charge on any atom is -0.478 e. The number of carbonyl (C=O) groups is 1. The average Bonchev–Trinajstić information content (AvgIpc) is 3.13. The van der Waals surface area contributed by atoms with Crippen molar-refractivity contribution in [3.63, 3.8) is 0 Å². The highest BCUT2D eigenvalue weighted by atomic mass is 32.2. The fraction of sp³-hybridized carbons (Fsp3) is 0.588. The van der Waals surface area contributed by atoms with Crippen LogP contribution in [0.15, 0.2) is 23.1 Å². The fourth-order valence-electron chi connectivity index (χ4n) is 2.66. The van der Waals surface area contributed by atoms with Crippen LogP contribution >= 0.6 is 0 Å². The predicted octanol–water partition coefficient (Wildman–Crippen LogP) is 1.68. The highest BCUT2D eigenvalue weighted by molar-refractivity contribution is 7.89. The second-order valence-corrected chi connectivity index (χ2v) is 7.72. The van der Waals surface area contributed by atoms with Crippen molar-refractivity contribution < 1.29 is 27.8 Å². The Morgan fingerprint density at radius 2 is 2.23 bits per heavy atom. The van der Waals surface area contributed by atoms with Crippen molar-refractivity contribution in [2.75, 3.05) is 38.2 Å². The highest BCUT2D eigenvalue weighted by Gasteiger charge is 2.22. The van der Waals surface area contributed by atoms with Crippen molar-refractivity contribution in [2.24, 2.45) is 0 Å². The van der Waals surface area contributed by atoms with E-state index < -0.39 is 16.0 Å². The number of ether oxygens (including phenoxy) is 2. The van der Waals surface area contributed by atoms with Gasteiger partial charge in [0.25, 0.3) is 0 Å². The van der Waals surface area contributed by atoms with Crippen molar-refractivity contribution in [3.05, 3.63) is 23.8 Å². The Bertz CT molecular complexity index is 701. The van der Waals surface area contributed by atoms with Crippen LogP contribution in [0.4, 0.5) is 5.69 Å². The molecule has 0 saturated carbocycles. The van der Waals surface area contributed by atoms with Crippen LogP contribution in [-0.2, 0) is 19.5 Å². The Hall–Kier alpha value is -1.68. The number of rotatable bonds is 11. The van der Waals surface area contributed by atoms with Gasteiger partial charge in [-0.25, -0.2) is 17.9 Å². The SMILES string of the molecule is CCOCCCNS(=O)(=O)c1cc(C(=O)O)ccc1NC[C@H]1CCCO1. The molecule has 146 valence electrons. The van der Waals surface area contributed by atoms with Crippen LogP contribution in [0.2, 0.25) is 0 Å². The molecule has 1 atom stereocenters. The summed E-state index contributed by atoms with van der Waals surface area (Å²) in [5, 5.41) is 12.2. The van der Waals surface area contributed by atoms with E-state index in [9.17, 15) is 13.2 Å². The number of sulfonamides is 1. The van der Waals surface area contributed by atoms with E-state index in [4.69, 9.17) is 14.6 Å². The third-order valence-corrected chi connectivity index (χ3v) is 5.52. The summed E-state index contributed by atoms with van der Waals surface area (Å²) in [5.41, 5.74) is 0.283. The molecule has 1 heterocycles. The lowest BCUT2D eigenvalue weighted by atomic mass is 10.2. The van der Waals surface area contributed by atoms with Crippen LogP contribution in [0, 0.1) is 0 Å². The molecule has 0 bridgehead atoms. The number of hydrogen-bond acceptors (Lipinski definition) is 6. The van der Waals surface area contributed by atoms with Crippen molar-refractivity contribution in [1.82, 2.24) is 4.72 Å². The first-order valence-corrected chi connectivity index (χ1v) is 10.2. The molecule has 0 amide bonds.